The number of nitrogens with two attached hydrogens (primary N) is 1. The first-order chi connectivity index (χ1) is 7.81. The summed E-state index contributed by atoms with van der Waals surface area (Å²) in [5.74, 6) is 5.52. The largest absolute Gasteiger partial charge is 0.468 e. The minimum absolute atomic E-state index is 0.0449. The molecule has 1 aromatic rings. The van der Waals surface area contributed by atoms with Gasteiger partial charge in [-0.2, -0.15) is 18.2 Å². The maximum atomic E-state index is 12.0. The first-order valence-electron chi connectivity index (χ1n) is 4.87. The summed E-state index contributed by atoms with van der Waals surface area (Å²) < 4.78 is 40.5. The van der Waals surface area contributed by atoms with E-state index in [-0.39, 0.29) is 17.6 Å². The number of rotatable bonds is 4. The SMILES string of the molecule is CC(C)c1nc(NN)cc(OCC(F)(F)F)n1. The molecule has 0 aliphatic carbocycles. The summed E-state index contributed by atoms with van der Waals surface area (Å²) in [6.45, 7) is 2.22. The summed E-state index contributed by atoms with van der Waals surface area (Å²) in [5, 5.41) is 0. The minimum atomic E-state index is -4.40. The van der Waals surface area contributed by atoms with Gasteiger partial charge in [0.15, 0.2) is 6.61 Å². The maximum absolute atomic E-state index is 12.0. The van der Waals surface area contributed by atoms with E-state index < -0.39 is 12.8 Å². The summed E-state index contributed by atoms with van der Waals surface area (Å²) in [5.41, 5.74) is 2.25. The summed E-state index contributed by atoms with van der Waals surface area (Å²) in [6, 6.07) is 1.21. The van der Waals surface area contributed by atoms with Gasteiger partial charge in [-0.25, -0.2) is 10.8 Å². The molecular weight excluding hydrogens is 237 g/mol. The Balaban J connectivity index is 2.87. The Labute approximate surface area is 96.2 Å². The molecule has 5 nitrogen and oxygen atoms in total. The molecule has 0 amide bonds. The third-order valence-corrected chi connectivity index (χ3v) is 1.77. The Morgan fingerprint density at radius 1 is 1.41 bits per heavy atom. The van der Waals surface area contributed by atoms with Crippen LogP contribution in [-0.4, -0.2) is 22.8 Å². The monoisotopic (exact) mass is 250 g/mol. The molecule has 1 rings (SSSR count). The van der Waals surface area contributed by atoms with Crippen molar-refractivity contribution in [1.29, 1.82) is 0 Å². The van der Waals surface area contributed by atoms with Gasteiger partial charge in [0, 0.05) is 12.0 Å². The molecule has 0 spiro atoms. The molecule has 0 fully saturated rings. The molecular formula is C9H13F3N4O. The molecule has 0 aromatic carbocycles. The highest BCUT2D eigenvalue weighted by molar-refractivity contribution is 5.37. The smallest absolute Gasteiger partial charge is 0.422 e. The van der Waals surface area contributed by atoms with E-state index in [1.807, 2.05) is 13.8 Å². The lowest BCUT2D eigenvalue weighted by Gasteiger charge is -2.11. The number of nitrogens with one attached hydrogen (secondary N) is 1. The van der Waals surface area contributed by atoms with Crippen LogP contribution in [0.15, 0.2) is 6.07 Å². The van der Waals surface area contributed by atoms with Gasteiger partial charge in [-0.15, -0.1) is 0 Å². The molecule has 0 aliphatic heterocycles. The van der Waals surface area contributed by atoms with Gasteiger partial charge in [-0.05, 0) is 0 Å². The summed E-state index contributed by atoms with van der Waals surface area (Å²) in [6.07, 6.45) is -4.40. The van der Waals surface area contributed by atoms with Crippen molar-refractivity contribution < 1.29 is 17.9 Å². The Morgan fingerprint density at radius 3 is 2.53 bits per heavy atom. The lowest BCUT2D eigenvalue weighted by molar-refractivity contribution is -0.154. The number of alkyl halides is 3. The number of aromatic nitrogens is 2. The molecule has 0 bridgehead atoms. The quantitative estimate of drug-likeness (QED) is 0.630. The average molecular weight is 250 g/mol. The Morgan fingerprint density at radius 2 is 2.06 bits per heavy atom. The molecule has 17 heavy (non-hydrogen) atoms. The molecule has 96 valence electrons. The second kappa shape index (κ2) is 5.17. The van der Waals surface area contributed by atoms with E-state index in [4.69, 9.17) is 5.84 Å². The number of anilines is 1. The van der Waals surface area contributed by atoms with E-state index in [9.17, 15) is 13.2 Å². The van der Waals surface area contributed by atoms with E-state index in [1.54, 1.807) is 0 Å². The van der Waals surface area contributed by atoms with Crippen molar-refractivity contribution in [2.45, 2.75) is 25.9 Å². The zero-order valence-electron chi connectivity index (χ0n) is 9.38. The Hall–Kier alpha value is -1.57. The predicted molar refractivity (Wildman–Crippen MR) is 55.5 cm³/mol. The van der Waals surface area contributed by atoms with Gasteiger partial charge in [0.25, 0.3) is 0 Å². The van der Waals surface area contributed by atoms with Gasteiger partial charge in [0.2, 0.25) is 5.88 Å². The summed E-state index contributed by atoms with van der Waals surface area (Å²) in [7, 11) is 0. The third kappa shape index (κ3) is 4.43. The standard InChI is InChI=1S/C9H13F3N4O/c1-5(2)8-14-6(16-13)3-7(15-8)17-4-9(10,11)12/h3,5H,4,13H2,1-2H3,(H,14,15,16). The van der Waals surface area contributed by atoms with Crippen LogP contribution in [0, 0.1) is 0 Å². The Kier molecular flexibility index (Phi) is 4.11. The van der Waals surface area contributed by atoms with Gasteiger partial charge in [0.1, 0.15) is 11.6 Å². The van der Waals surface area contributed by atoms with Crippen LogP contribution in [0.4, 0.5) is 19.0 Å². The average Bonchev–Trinajstić information content (AvgIpc) is 2.25. The van der Waals surface area contributed by atoms with Gasteiger partial charge in [-0.1, -0.05) is 13.8 Å². The fraction of sp³-hybridized carbons (Fsp3) is 0.556. The van der Waals surface area contributed by atoms with Crippen molar-refractivity contribution >= 4 is 5.82 Å². The number of nitrogens with zero attached hydrogens (tertiary/aromatic N) is 2. The molecule has 3 N–H and O–H groups in total. The van der Waals surface area contributed by atoms with Crippen molar-refractivity contribution in [2.75, 3.05) is 12.0 Å². The number of nitrogen functional groups attached to an aromatic ring is 1. The van der Waals surface area contributed by atoms with Crippen LogP contribution in [-0.2, 0) is 0 Å². The van der Waals surface area contributed by atoms with Crippen LogP contribution in [0.3, 0.4) is 0 Å². The van der Waals surface area contributed by atoms with Crippen molar-refractivity contribution in [1.82, 2.24) is 9.97 Å². The number of hydrogen-bond donors (Lipinski definition) is 2. The predicted octanol–water partition coefficient (Wildman–Crippen LogP) is 1.83. The fourth-order valence-corrected chi connectivity index (χ4v) is 1.00. The molecule has 0 atom stereocenters. The second-order valence-corrected chi connectivity index (χ2v) is 3.65. The number of halogens is 3. The number of hydrazine groups is 1. The molecule has 0 radical (unpaired) electrons. The van der Waals surface area contributed by atoms with E-state index in [0.29, 0.717) is 5.82 Å². The first kappa shape index (κ1) is 13.5. The fourth-order valence-electron chi connectivity index (χ4n) is 1.00. The van der Waals surface area contributed by atoms with Crippen LogP contribution >= 0.6 is 0 Å². The van der Waals surface area contributed by atoms with Crippen molar-refractivity contribution in [3.8, 4) is 5.88 Å². The summed E-state index contributed by atoms with van der Waals surface area (Å²) in [4.78, 5) is 7.84. The van der Waals surface area contributed by atoms with Crippen LogP contribution in [0.2, 0.25) is 0 Å². The lowest BCUT2D eigenvalue weighted by Crippen LogP contribution is -2.20. The van der Waals surface area contributed by atoms with Crippen LogP contribution in [0.1, 0.15) is 25.6 Å². The molecule has 0 aliphatic rings. The molecule has 0 unspecified atom stereocenters. The highest BCUT2D eigenvalue weighted by Crippen LogP contribution is 2.21. The molecule has 8 heteroatoms. The number of hydrogen-bond acceptors (Lipinski definition) is 5. The zero-order valence-corrected chi connectivity index (χ0v) is 9.38. The Bertz CT molecular complexity index is 381. The summed E-state index contributed by atoms with van der Waals surface area (Å²) >= 11 is 0. The van der Waals surface area contributed by atoms with Crippen molar-refractivity contribution in [3.63, 3.8) is 0 Å². The first-order valence-corrected chi connectivity index (χ1v) is 4.87. The minimum Gasteiger partial charge on any atom is -0.468 e. The van der Waals surface area contributed by atoms with Crippen LogP contribution in [0.5, 0.6) is 5.88 Å². The van der Waals surface area contributed by atoms with Gasteiger partial charge < -0.3 is 10.2 Å². The zero-order chi connectivity index (χ0) is 13.1. The highest BCUT2D eigenvalue weighted by Gasteiger charge is 2.28. The molecule has 0 saturated carbocycles. The van der Waals surface area contributed by atoms with E-state index >= 15 is 0 Å². The van der Waals surface area contributed by atoms with E-state index in [1.165, 1.54) is 6.07 Å². The second-order valence-electron chi connectivity index (χ2n) is 3.65. The van der Waals surface area contributed by atoms with E-state index in [2.05, 4.69) is 20.1 Å². The number of ether oxygens (including phenoxy) is 1. The normalized spacial score (nSPS) is 11.7. The lowest BCUT2D eigenvalue weighted by atomic mass is 10.2. The third-order valence-electron chi connectivity index (χ3n) is 1.77. The van der Waals surface area contributed by atoms with Gasteiger partial charge in [-0.3, -0.25) is 0 Å². The molecule has 1 aromatic heterocycles. The molecule has 0 saturated heterocycles. The van der Waals surface area contributed by atoms with Crippen LogP contribution in [0.25, 0.3) is 0 Å². The topological polar surface area (TPSA) is 73.1 Å². The maximum Gasteiger partial charge on any atom is 0.422 e. The van der Waals surface area contributed by atoms with Gasteiger partial charge >= 0.3 is 6.18 Å². The molecule has 1 heterocycles. The van der Waals surface area contributed by atoms with Crippen molar-refractivity contribution in [3.05, 3.63) is 11.9 Å². The highest BCUT2D eigenvalue weighted by atomic mass is 19.4. The van der Waals surface area contributed by atoms with Crippen molar-refractivity contribution in [2.24, 2.45) is 5.84 Å². The van der Waals surface area contributed by atoms with Crippen LogP contribution < -0.4 is 16.0 Å². The van der Waals surface area contributed by atoms with E-state index in [0.717, 1.165) is 0 Å². The van der Waals surface area contributed by atoms with Gasteiger partial charge in [0.05, 0.1) is 0 Å².